The van der Waals surface area contributed by atoms with Crippen molar-refractivity contribution >= 4 is 10.9 Å². The van der Waals surface area contributed by atoms with Gasteiger partial charge in [-0.15, -0.1) is 0 Å². The molecule has 0 bridgehead atoms. The molecule has 0 aliphatic carbocycles. The van der Waals surface area contributed by atoms with Crippen molar-refractivity contribution < 1.29 is 9.50 Å². The molecule has 0 atom stereocenters. The van der Waals surface area contributed by atoms with Crippen molar-refractivity contribution in [3.63, 3.8) is 0 Å². The Morgan fingerprint density at radius 2 is 2.14 bits per heavy atom. The molecule has 2 aromatic rings. The van der Waals surface area contributed by atoms with E-state index in [-0.39, 0.29) is 5.75 Å². The number of halogens is 1. The van der Waals surface area contributed by atoms with Crippen LogP contribution in [0.5, 0.6) is 5.75 Å². The molecule has 0 radical (unpaired) electrons. The quantitative estimate of drug-likeness (QED) is 0.717. The Labute approximate surface area is 81.4 Å². The number of fused-ring (bicyclic) bond motifs is 1. The number of nitrogens with one attached hydrogen (secondary N) is 1. The molecular formula is C11H12FNO. The molecule has 0 saturated heterocycles. The Balaban J connectivity index is 2.87. The number of aromatic hydroxyl groups is 1. The minimum absolute atomic E-state index is 0.304. The van der Waals surface area contributed by atoms with Crippen LogP contribution in [-0.4, -0.2) is 10.1 Å². The van der Waals surface area contributed by atoms with Crippen LogP contribution in [-0.2, 0) is 6.42 Å². The van der Waals surface area contributed by atoms with E-state index in [4.69, 9.17) is 0 Å². The van der Waals surface area contributed by atoms with E-state index in [1.54, 1.807) is 6.07 Å². The first kappa shape index (κ1) is 9.06. The van der Waals surface area contributed by atoms with Crippen LogP contribution in [0.25, 0.3) is 10.9 Å². The summed E-state index contributed by atoms with van der Waals surface area (Å²) < 4.78 is 13.4. The van der Waals surface area contributed by atoms with E-state index in [9.17, 15) is 9.50 Å². The van der Waals surface area contributed by atoms with Crippen LogP contribution in [0.2, 0.25) is 0 Å². The van der Waals surface area contributed by atoms with Crippen molar-refractivity contribution in [2.75, 3.05) is 0 Å². The number of hydrogen-bond donors (Lipinski definition) is 2. The van der Waals surface area contributed by atoms with Gasteiger partial charge in [0.2, 0.25) is 0 Å². The summed E-state index contributed by atoms with van der Waals surface area (Å²) in [5.74, 6) is -0.869. The molecule has 14 heavy (non-hydrogen) atoms. The van der Waals surface area contributed by atoms with Gasteiger partial charge < -0.3 is 10.1 Å². The van der Waals surface area contributed by atoms with Crippen molar-refractivity contribution in [2.24, 2.45) is 0 Å². The largest absolute Gasteiger partial charge is 0.505 e. The first-order valence-corrected chi connectivity index (χ1v) is 4.63. The molecule has 0 amide bonds. The third kappa shape index (κ3) is 1.09. The fourth-order valence-electron chi connectivity index (χ4n) is 1.86. The lowest BCUT2D eigenvalue weighted by molar-refractivity contribution is 0.435. The van der Waals surface area contributed by atoms with Gasteiger partial charge >= 0.3 is 0 Å². The van der Waals surface area contributed by atoms with Gasteiger partial charge in [-0.25, -0.2) is 4.39 Å². The molecule has 1 aromatic heterocycles. The van der Waals surface area contributed by atoms with Gasteiger partial charge in [0.05, 0.1) is 5.52 Å². The molecule has 1 heterocycles. The van der Waals surface area contributed by atoms with Crippen LogP contribution in [0.4, 0.5) is 4.39 Å². The maximum Gasteiger partial charge on any atom is 0.188 e. The van der Waals surface area contributed by atoms with E-state index in [0.717, 1.165) is 23.1 Å². The second kappa shape index (κ2) is 3.01. The molecule has 3 heteroatoms. The molecule has 0 spiro atoms. The number of aromatic nitrogens is 1. The highest BCUT2D eigenvalue weighted by atomic mass is 19.1. The summed E-state index contributed by atoms with van der Waals surface area (Å²) in [7, 11) is 0. The number of rotatable bonds is 1. The number of hydrogen-bond acceptors (Lipinski definition) is 1. The molecule has 0 aliphatic rings. The molecule has 0 aliphatic heterocycles. The first-order chi connectivity index (χ1) is 6.65. The lowest BCUT2D eigenvalue weighted by atomic mass is 10.1. The summed E-state index contributed by atoms with van der Waals surface area (Å²) in [5, 5.41) is 10.1. The van der Waals surface area contributed by atoms with E-state index < -0.39 is 5.82 Å². The first-order valence-electron chi connectivity index (χ1n) is 4.63. The van der Waals surface area contributed by atoms with Gasteiger partial charge in [-0.1, -0.05) is 6.92 Å². The predicted molar refractivity (Wildman–Crippen MR) is 54.0 cm³/mol. The normalized spacial score (nSPS) is 11.1. The highest BCUT2D eigenvalue weighted by Gasteiger charge is 2.12. The zero-order chi connectivity index (χ0) is 10.3. The van der Waals surface area contributed by atoms with Crippen molar-refractivity contribution in [2.45, 2.75) is 20.3 Å². The Kier molecular flexibility index (Phi) is 1.95. The molecule has 0 unspecified atom stereocenters. The van der Waals surface area contributed by atoms with Crippen molar-refractivity contribution in [3.8, 4) is 5.75 Å². The van der Waals surface area contributed by atoms with Gasteiger partial charge in [0.15, 0.2) is 11.6 Å². The molecule has 2 N–H and O–H groups in total. The summed E-state index contributed by atoms with van der Waals surface area (Å²) >= 11 is 0. The lowest BCUT2D eigenvalue weighted by Crippen LogP contribution is -1.80. The fraction of sp³-hybridized carbons (Fsp3) is 0.273. The van der Waals surface area contributed by atoms with Gasteiger partial charge in [0, 0.05) is 11.1 Å². The van der Waals surface area contributed by atoms with Gasteiger partial charge in [-0.05, 0) is 31.0 Å². The summed E-state index contributed by atoms with van der Waals surface area (Å²) in [4.78, 5) is 2.95. The van der Waals surface area contributed by atoms with Gasteiger partial charge in [0.1, 0.15) is 0 Å². The minimum Gasteiger partial charge on any atom is -0.505 e. The smallest absolute Gasteiger partial charge is 0.188 e. The van der Waals surface area contributed by atoms with Crippen molar-refractivity contribution in [1.82, 2.24) is 4.98 Å². The van der Waals surface area contributed by atoms with Crippen molar-refractivity contribution in [1.29, 1.82) is 0 Å². The van der Waals surface area contributed by atoms with Gasteiger partial charge in [0.25, 0.3) is 0 Å². The molecule has 2 rings (SSSR count). The third-order valence-corrected chi connectivity index (χ3v) is 2.57. The fourth-order valence-corrected chi connectivity index (χ4v) is 1.86. The van der Waals surface area contributed by atoms with E-state index >= 15 is 0 Å². The minimum atomic E-state index is -0.565. The topological polar surface area (TPSA) is 36.0 Å². The summed E-state index contributed by atoms with van der Waals surface area (Å²) in [6.07, 6.45) is 0.857. The summed E-state index contributed by atoms with van der Waals surface area (Å²) in [6.45, 7) is 3.94. The number of H-pyrrole nitrogens is 1. The zero-order valence-corrected chi connectivity index (χ0v) is 8.19. The van der Waals surface area contributed by atoms with Crippen LogP contribution in [0.3, 0.4) is 0 Å². The average molecular weight is 193 g/mol. The number of phenolic OH excluding ortho intramolecular Hbond substituents is 1. The predicted octanol–water partition coefficient (Wildman–Crippen LogP) is 2.88. The SMILES string of the molecule is CCc1c(C)[nH]c2c(F)c(O)ccc12. The Hall–Kier alpha value is -1.51. The Bertz CT molecular complexity index is 487. The van der Waals surface area contributed by atoms with Crippen LogP contribution in [0.15, 0.2) is 12.1 Å². The number of aromatic amines is 1. The molecule has 74 valence electrons. The highest BCUT2D eigenvalue weighted by Crippen LogP contribution is 2.29. The summed E-state index contributed by atoms with van der Waals surface area (Å²) in [6, 6.07) is 3.14. The zero-order valence-electron chi connectivity index (χ0n) is 8.19. The molecule has 0 fully saturated rings. The van der Waals surface area contributed by atoms with Crippen LogP contribution >= 0.6 is 0 Å². The van der Waals surface area contributed by atoms with Gasteiger partial charge in [-0.3, -0.25) is 0 Å². The maximum absolute atomic E-state index is 13.4. The maximum atomic E-state index is 13.4. The molecule has 0 saturated carbocycles. The third-order valence-electron chi connectivity index (χ3n) is 2.57. The second-order valence-corrected chi connectivity index (χ2v) is 3.40. The average Bonchev–Trinajstić information content (AvgIpc) is 2.49. The van der Waals surface area contributed by atoms with E-state index in [2.05, 4.69) is 4.98 Å². The molecule has 1 aromatic carbocycles. The molecular weight excluding hydrogens is 181 g/mol. The van der Waals surface area contributed by atoms with E-state index in [0.29, 0.717) is 5.52 Å². The standard InChI is InChI=1S/C11H12FNO/c1-3-7-6(2)13-11-8(7)4-5-9(14)10(11)12/h4-5,13-14H,3H2,1-2H3. The Morgan fingerprint density at radius 3 is 2.79 bits per heavy atom. The molecule has 2 nitrogen and oxygen atoms in total. The number of aryl methyl sites for hydroxylation is 2. The van der Waals surface area contributed by atoms with Crippen LogP contribution < -0.4 is 0 Å². The van der Waals surface area contributed by atoms with Crippen LogP contribution in [0.1, 0.15) is 18.2 Å². The number of benzene rings is 1. The van der Waals surface area contributed by atoms with E-state index in [1.165, 1.54) is 6.07 Å². The Morgan fingerprint density at radius 1 is 1.43 bits per heavy atom. The van der Waals surface area contributed by atoms with Crippen molar-refractivity contribution in [3.05, 3.63) is 29.2 Å². The van der Waals surface area contributed by atoms with E-state index in [1.807, 2.05) is 13.8 Å². The van der Waals surface area contributed by atoms with Crippen LogP contribution in [0, 0.1) is 12.7 Å². The monoisotopic (exact) mass is 193 g/mol. The highest BCUT2D eigenvalue weighted by molar-refractivity contribution is 5.86. The number of phenols is 1. The van der Waals surface area contributed by atoms with Gasteiger partial charge in [-0.2, -0.15) is 0 Å². The summed E-state index contributed by atoms with van der Waals surface area (Å²) in [5.41, 5.74) is 2.48. The lowest BCUT2D eigenvalue weighted by Gasteiger charge is -1.97. The second-order valence-electron chi connectivity index (χ2n) is 3.40.